The van der Waals surface area contributed by atoms with Gasteiger partial charge in [0.05, 0.1) is 48.2 Å². The minimum absolute atomic E-state index is 0.0524. The van der Waals surface area contributed by atoms with Crippen LogP contribution in [0.2, 0.25) is 0 Å². The number of nitro groups is 1. The molecule has 2 aliphatic rings. The van der Waals surface area contributed by atoms with Crippen LogP contribution in [-0.4, -0.2) is 75.6 Å². The summed E-state index contributed by atoms with van der Waals surface area (Å²) in [6, 6.07) is 16.1. The summed E-state index contributed by atoms with van der Waals surface area (Å²) in [5.74, 6) is -1.60. The molecule has 1 unspecified atom stereocenters. The summed E-state index contributed by atoms with van der Waals surface area (Å²) in [5, 5.41) is 15.1. The van der Waals surface area contributed by atoms with Gasteiger partial charge in [0.2, 0.25) is 0 Å². The molecule has 1 fully saturated rings. The van der Waals surface area contributed by atoms with Crippen molar-refractivity contribution in [3.63, 3.8) is 0 Å². The Balaban J connectivity index is 1.65. The van der Waals surface area contributed by atoms with Crippen molar-refractivity contribution < 1.29 is 37.5 Å². The van der Waals surface area contributed by atoms with E-state index in [1.165, 1.54) is 38.0 Å². The SMILES string of the molecule is COCCOP(=O)(OCCOC)C1=C(C)NC(C)=C(C(=O)OC2CCN(Cc3ccccc3)CC2)C1c1cccc([N+](=O)[O-])c1. The van der Waals surface area contributed by atoms with E-state index in [0.717, 1.165) is 19.6 Å². The van der Waals surface area contributed by atoms with E-state index in [2.05, 4.69) is 22.3 Å². The summed E-state index contributed by atoms with van der Waals surface area (Å²) in [7, 11) is -1.14. The van der Waals surface area contributed by atoms with Gasteiger partial charge in [-0.1, -0.05) is 42.5 Å². The number of hydrogen-bond donors (Lipinski definition) is 1. The number of hydrogen-bond acceptors (Lipinski definition) is 11. The zero-order chi connectivity index (χ0) is 32.4. The van der Waals surface area contributed by atoms with Crippen LogP contribution in [0.15, 0.2) is 76.9 Å². The van der Waals surface area contributed by atoms with Gasteiger partial charge in [0.25, 0.3) is 5.69 Å². The van der Waals surface area contributed by atoms with Gasteiger partial charge in [-0.25, -0.2) is 4.79 Å². The van der Waals surface area contributed by atoms with Gasteiger partial charge in [-0.2, -0.15) is 0 Å². The molecule has 0 saturated carbocycles. The van der Waals surface area contributed by atoms with Crippen molar-refractivity contribution in [1.29, 1.82) is 0 Å². The Hall–Kier alpha value is -3.38. The van der Waals surface area contributed by atoms with Gasteiger partial charge in [-0.05, 0) is 37.8 Å². The van der Waals surface area contributed by atoms with E-state index in [-0.39, 0.29) is 49.1 Å². The van der Waals surface area contributed by atoms with Crippen molar-refractivity contribution in [3.05, 3.63) is 98.1 Å². The summed E-state index contributed by atoms with van der Waals surface area (Å²) in [6.45, 7) is 5.96. The zero-order valence-electron chi connectivity index (χ0n) is 26.2. The molecule has 0 aromatic heterocycles. The molecular weight excluding hydrogens is 601 g/mol. The molecule has 0 radical (unpaired) electrons. The standard InChI is InChI=1S/C32H42N3O9P/c1-23-29(32(36)44-28-13-15-34(16-14-28)22-25-9-6-5-7-10-25)30(26-11-8-12-27(21-26)35(37)38)31(24(2)33-23)45(39,42-19-17-40-3)43-20-18-41-4/h5-12,21,28,30,33H,13-20,22H2,1-4H3. The molecule has 2 aromatic carbocycles. The van der Waals surface area contributed by atoms with Crippen molar-refractivity contribution in [2.24, 2.45) is 0 Å². The lowest BCUT2D eigenvalue weighted by atomic mass is 9.86. The first-order valence-corrected chi connectivity index (χ1v) is 16.5. The highest BCUT2D eigenvalue weighted by molar-refractivity contribution is 7.58. The molecule has 244 valence electrons. The quantitative estimate of drug-likeness (QED) is 0.0864. The van der Waals surface area contributed by atoms with Crippen molar-refractivity contribution in [1.82, 2.24) is 10.2 Å². The van der Waals surface area contributed by atoms with E-state index >= 15 is 0 Å². The van der Waals surface area contributed by atoms with Gasteiger partial charge in [0.1, 0.15) is 6.10 Å². The van der Waals surface area contributed by atoms with Crippen LogP contribution in [0.5, 0.6) is 0 Å². The number of nitrogens with zero attached hydrogens (tertiary/aromatic N) is 2. The first-order chi connectivity index (χ1) is 21.7. The molecule has 0 bridgehead atoms. The Morgan fingerprint density at radius 2 is 1.60 bits per heavy atom. The maximum atomic E-state index is 14.6. The number of dihydropyridines is 1. The Kier molecular flexibility index (Phi) is 12.5. The predicted octanol–water partition coefficient (Wildman–Crippen LogP) is 5.51. The molecule has 12 nitrogen and oxygen atoms in total. The summed E-state index contributed by atoms with van der Waals surface area (Å²) >= 11 is 0. The third kappa shape index (κ3) is 8.88. The van der Waals surface area contributed by atoms with Gasteiger partial charge >= 0.3 is 13.6 Å². The first kappa shape index (κ1) is 34.5. The number of likely N-dealkylation sites (tertiary alicyclic amines) is 1. The molecular formula is C32H42N3O9P. The van der Waals surface area contributed by atoms with Crippen LogP contribution in [0.25, 0.3) is 0 Å². The number of nitro benzene ring substituents is 1. The third-order valence-corrected chi connectivity index (χ3v) is 10.0. The molecule has 1 N–H and O–H groups in total. The fraction of sp³-hybridized carbons (Fsp3) is 0.469. The molecule has 1 atom stereocenters. The number of carbonyl (C=O) groups excluding carboxylic acids is 1. The largest absolute Gasteiger partial charge is 0.459 e. The molecule has 2 aromatic rings. The molecule has 13 heteroatoms. The Labute approximate surface area is 264 Å². The van der Waals surface area contributed by atoms with E-state index < -0.39 is 24.4 Å². The number of methoxy groups -OCH3 is 2. The van der Waals surface area contributed by atoms with Crippen LogP contribution in [-0.2, 0) is 39.2 Å². The smallest absolute Gasteiger partial charge is 0.360 e. The molecule has 4 rings (SSSR count). The maximum Gasteiger partial charge on any atom is 0.360 e. The van der Waals surface area contributed by atoms with Crippen LogP contribution in [0.3, 0.4) is 0 Å². The van der Waals surface area contributed by atoms with Gasteiger partial charge in [-0.3, -0.25) is 19.6 Å². The first-order valence-electron chi connectivity index (χ1n) is 14.9. The summed E-state index contributed by atoms with van der Waals surface area (Å²) in [6.07, 6.45) is 0.981. The van der Waals surface area contributed by atoms with Gasteiger partial charge < -0.3 is 28.6 Å². The molecule has 2 heterocycles. The zero-order valence-corrected chi connectivity index (χ0v) is 27.1. The Morgan fingerprint density at radius 3 is 2.20 bits per heavy atom. The summed E-state index contributed by atoms with van der Waals surface area (Å²) in [4.78, 5) is 27.6. The number of piperidine rings is 1. The highest BCUT2D eigenvalue weighted by Crippen LogP contribution is 2.64. The van der Waals surface area contributed by atoms with E-state index in [4.69, 9.17) is 23.3 Å². The monoisotopic (exact) mass is 643 g/mol. The second-order valence-corrected chi connectivity index (χ2v) is 13.0. The predicted molar refractivity (Wildman–Crippen MR) is 168 cm³/mol. The average Bonchev–Trinajstić information content (AvgIpc) is 3.02. The topological polar surface area (TPSA) is 139 Å². The fourth-order valence-electron chi connectivity index (χ4n) is 5.66. The van der Waals surface area contributed by atoms with E-state index in [0.29, 0.717) is 29.8 Å². The number of ether oxygens (including phenoxy) is 3. The molecule has 0 aliphatic carbocycles. The van der Waals surface area contributed by atoms with Crippen molar-refractivity contribution in [2.75, 3.05) is 53.7 Å². The summed E-state index contributed by atoms with van der Waals surface area (Å²) in [5.41, 5.74) is 2.56. The van der Waals surface area contributed by atoms with Gasteiger partial charge in [0.15, 0.2) is 0 Å². The number of nitrogens with one attached hydrogen (secondary N) is 1. The minimum Gasteiger partial charge on any atom is -0.459 e. The van der Waals surface area contributed by atoms with Crippen LogP contribution in [0.1, 0.15) is 43.7 Å². The maximum absolute atomic E-state index is 14.6. The minimum atomic E-state index is -4.12. The second-order valence-electron chi connectivity index (χ2n) is 11.0. The third-order valence-electron chi connectivity index (χ3n) is 7.81. The lowest BCUT2D eigenvalue weighted by Gasteiger charge is -2.36. The van der Waals surface area contributed by atoms with Gasteiger partial charge in [-0.15, -0.1) is 0 Å². The highest BCUT2D eigenvalue weighted by atomic mass is 31.2. The highest BCUT2D eigenvalue weighted by Gasteiger charge is 2.45. The molecule has 2 aliphatic heterocycles. The number of esters is 1. The fourth-order valence-corrected chi connectivity index (χ4v) is 7.70. The number of carbonyl (C=O) groups is 1. The molecule has 1 saturated heterocycles. The Morgan fingerprint density at radius 1 is 0.956 bits per heavy atom. The van der Waals surface area contributed by atoms with E-state index in [1.807, 2.05) is 18.2 Å². The van der Waals surface area contributed by atoms with Crippen molar-refractivity contribution in [2.45, 2.75) is 45.3 Å². The lowest BCUT2D eigenvalue weighted by Crippen LogP contribution is -2.38. The van der Waals surface area contributed by atoms with Crippen LogP contribution in [0, 0.1) is 10.1 Å². The van der Waals surface area contributed by atoms with E-state index in [9.17, 15) is 19.5 Å². The number of rotatable bonds is 15. The van der Waals surface area contributed by atoms with Crippen LogP contribution in [0.4, 0.5) is 5.69 Å². The second kappa shape index (κ2) is 16.3. The number of benzene rings is 2. The van der Waals surface area contributed by atoms with Crippen molar-refractivity contribution >= 4 is 19.3 Å². The number of allylic oxidation sites excluding steroid dienone is 3. The summed E-state index contributed by atoms with van der Waals surface area (Å²) < 4.78 is 42.7. The lowest BCUT2D eigenvalue weighted by molar-refractivity contribution is -0.384. The van der Waals surface area contributed by atoms with E-state index in [1.54, 1.807) is 19.9 Å². The van der Waals surface area contributed by atoms with Gasteiger partial charge in [0, 0.05) is 57.4 Å². The molecule has 0 amide bonds. The average molecular weight is 644 g/mol. The normalized spacial score (nSPS) is 18.2. The molecule has 0 spiro atoms. The van der Waals surface area contributed by atoms with Crippen molar-refractivity contribution in [3.8, 4) is 0 Å². The van der Waals surface area contributed by atoms with Crippen LogP contribution >= 0.6 is 7.60 Å². The Bertz CT molecular complexity index is 1420. The van der Waals surface area contributed by atoms with Crippen LogP contribution < -0.4 is 5.32 Å². The number of non-ortho nitro benzene ring substituents is 1. The molecule has 45 heavy (non-hydrogen) atoms.